The van der Waals surface area contributed by atoms with Crippen LogP contribution in [0, 0.1) is 23.7 Å². The maximum atomic E-state index is 14.0. The van der Waals surface area contributed by atoms with Crippen LogP contribution in [0.15, 0.2) is 6.07 Å². The minimum atomic E-state index is -2.71. The van der Waals surface area contributed by atoms with Gasteiger partial charge in [-0.2, -0.15) is 0 Å². The standard InChI is InChI=1S/C28H37N3O7/c1-6-7-8-9-13-12-17(30(2)3)15-10-14-11-16-21(31(4)5)24(34)20(27(29)37)26(36)28(16,38)25(35)18(14)23(33)19(15)22(13)32/h12,14,16,18,20-21,32,38H,6-11H2,1-5H3,(H2,29,37)/t14?,16?,18?,20?,21-,28-/m0/s1. The average molecular weight is 528 g/mol. The van der Waals surface area contributed by atoms with Gasteiger partial charge in [0, 0.05) is 25.7 Å². The van der Waals surface area contributed by atoms with Crippen molar-refractivity contribution in [1.82, 2.24) is 4.90 Å². The summed E-state index contributed by atoms with van der Waals surface area (Å²) in [6.07, 6.45) is 3.60. The number of unbranched alkanes of at least 4 members (excludes halogenated alkanes) is 2. The lowest BCUT2D eigenvalue weighted by Crippen LogP contribution is -2.74. The SMILES string of the molecule is CCCCCc1cc(N(C)C)c2c(c1O)C(=O)C1C(=O)[C@]3(O)C(=O)C(C(N)=O)C(=O)[C@@H](N(C)C)C3CC1C2. The number of hydrogen-bond acceptors (Lipinski definition) is 9. The molecule has 1 aromatic carbocycles. The summed E-state index contributed by atoms with van der Waals surface area (Å²) in [7, 11) is 6.82. The van der Waals surface area contributed by atoms with Gasteiger partial charge in [-0.25, -0.2) is 0 Å². The van der Waals surface area contributed by atoms with Gasteiger partial charge in [0.2, 0.25) is 5.91 Å². The van der Waals surface area contributed by atoms with E-state index >= 15 is 0 Å². The number of amides is 1. The van der Waals surface area contributed by atoms with Gasteiger partial charge in [-0.1, -0.05) is 19.8 Å². The highest BCUT2D eigenvalue weighted by Crippen LogP contribution is 2.52. The topological polar surface area (TPSA) is 158 Å². The van der Waals surface area contributed by atoms with Crippen LogP contribution < -0.4 is 10.6 Å². The van der Waals surface area contributed by atoms with Crippen LogP contribution in [0.25, 0.3) is 0 Å². The Bertz CT molecular complexity index is 1220. The van der Waals surface area contributed by atoms with Crippen LogP contribution in [0.2, 0.25) is 0 Å². The minimum absolute atomic E-state index is 0.0375. The first kappa shape index (κ1) is 27.9. The Morgan fingerprint density at radius 3 is 2.32 bits per heavy atom. The number of nitrogens with zero attached hydrogens (tertiary/aromatic N) is 2. The highest BCUT2D eigenvalue weighted by Gasteiger charge is 2.69. The summed E-state index contributed by atoms with van der Waals surface area (Å²) in [6.45, 7) is 2.07. The molecule has 4 N–H and O–H groups in total. The summed E-state index contributed by atoms with van der Waals surface area (Å²) < 4.78 is 0. The number of anilines is 1. The number of nitrogens with two attached hydrogens (primary N) is 1. The number of phenols is 1. The Kier molecular flexibility index (Phi) is 7.26. The van der Waals surface area contributed by atoms with E-state index in [9.17, 15) is 34.2 Å². The molecule has 0 radical (unpaired) electrons. The van der Waals surface area contributed by atoms with Crippen molar-refractivity contribution < 1.29 is 34.2 Å². The third-order valence-electron chi connectivity index (χ3n) is 8.65. The maximum Gasteiger partial charge on any atom is 0.235 e. The van der Waals surface area contributed by atoms with Crippen molar-refractivity contribution in [1.29, 1.82) is 0 Å². The van der Waals surface area contributed by atoms with Gasteiger partial charge in [-0.15, -0.1) is 0 Å². The molecule has 4 unspecified atom stereocenters. The number of ketones is 4. The highest BCUT2D eigenvalue weighted by atomic mass is 16.3. The molecule has 1 aromatic rings. The molecule has 0 saturated heterocycles. The molecule has 3 aliphatic rings. The molecule has 2 fully saturated rings. The third kappa shape index (κ3) is 3.96. The highest BCUT2D eigenvalue weighted by molar-refractivity contribution is 6.32. The maximum absolute atomic E-state index is 14.0. The molecule has 3 aliphatic carbocycles. The number of aryl methyl sites for hydroxylation is 1. The molecule has 0 aliphatic heterocycles. The summed E-state index contributed by atoms with van der Waals surface area (Å²) >= 11 is 0. The molecule has 1 amide bonds. The molecule has 0 heterocycles. The largest absolute Gasteiger partial charge is 0.507 e. The molecule has 6 atom stereocenters. The number of aliphatic hydroxyl groups is 1. The Balaban J connectivity index is 1.86. The number of fused-ring (bicyclic) bond motifs is 3. The van der Waals surface area contributed by atoms with Crippen LogP contribution in [0.5, 0.6) is 5.75 Å². The molecule has 2 saturated carbocycles. The zero-order valence-corrected chi connectivity index (χ0v) is 22.6. The van der Waals surface area contributed by atoms with Gasteiger partial charge in [-0.3, -0.25) is 28.9 Å². The van der Waals surface area contributed by atoms with Crippen LogP contribution in [0.4, 0.5) is 5.69 Å². The van der Waals surface area contributed by atoms with Crippen molar-refractivity contribution >= 4 is 34.7 Å². The fourth-order valence-electron chi connectivity index (χ4n) is 6.86. The van der Waals surface area contributed by atoms with E-state index in [1.165, 1.54) is 4.90 Å². The first-order valence-electron chi connectivity index (χ1n) is 13.2. The smallest absolute Gasteiger partial charge is 0.235 e. The van der Waals surface area contributed by atoms with Crippen molar-refractivity contribution in [3.8, 4) is 5.75 Å². The van der Waals surface area contributed by atoms with E-state index < -0.39 is 64.4 Å². The quantitative estimate of drug-likeness (QED) is 0.342. The molecule has 10 heteroatoms. The number of likely N-dealkylation sites (N-methyl/N-ethyl adjacent to an activating group) is 1. The zero-order valence-electron chi connectivity index (χ0n) is 22.6. The van der Waals surface area contributed by atoms with E-state index in [1.807, 2.05) is 25.1 Å². The fourth-order valence-corrected chi connectivity index (χ4v) is 6.86. The summed E-state index contributed by atoms with van der Waals surface area (Å²) in [4.78, 5) is 69.9. The van der Waals surface area contributed by atoms with Crippen molar-refractivity contribution in [3.63, 3.8) is 0 Å². The van der Waals surface area contributed by atoms with Gasteiger partial charge in [0.05, 0.1) is 17.5 Å². The monoisotopic (exact) mass is 527 g/mol. The summed E-state index contributed by atoms with van der Waals surface area (Å²) in [6, 6.07) is 0.769. The van der Waals surface area contributed by atoms with Crippen LogP contribution in [-0.2, 0) is 32.0 Å². The third-order valence-corrected chi connectivity index (χ3v) is 8.65. The number of carbonyl (C=O) groups is 5. The Morgan fingerprint density at radius 2 is 1.76 bits per heavy atom. The Morgan fingerprint density at radius 1 is 1.11 bits per heavy atom. The molecule has 0 spiro atoms. The van der Waals surface area contributed by atoms with E-state index in [4.69, 9.17) is 5.73 Å². The summed E-state index contributed by atoms with van der Waals surface area (Å²) in [5.74, 6) is -10.2. The van der Waals surface area contributed by atoms with E-state index in [-0.39, 0.29) is 24.2 Å². The van der Waals surface area contributed by atoms with E-state index in [0.29, 0.717) is 17.5 Å². The second-order valence-corrected chi connectivity index (χ2v) is 11.4. The molecular formula is C28H37N3O7. The summed E-state index contributed by atoms with van der Waals surface area (Å²) in [5.41, 5.74) is 4.68. The number of hydrogen-bond donors (Lipinski definition) is 3. The minimum Gasteiger partial charge on any atom is -0.507 e. The van der Waals surface area contributed by atoms with E-state index in [1.54, 1.807) is 14.1 Å². The Labute approximate surface area is 222 Å². The molecule has 206 valence electrons. The van der Waals surface area contributed by atoms with Crippen molar-refractivity contribution in [2.24, 2.45) is 29.4 Å². The number of phenolic OH excluding ortho intramolecular Hbond substituents is 1. The fraction of sp³-hybridized carbons (Fsp3) is 0.607. The van der Waals surface area contributed by atoms with Crippen LogP contribution in [0.3, 0.4) is 0 Å². The lowest BCUT2D eigenvalue weighted by molar-refractivity contribution is -0.181. The molecule has 0 aromatic heterocycles. The van der Waals surface area contributed by atoms with Gasteiger partial charge in [0.15, 0.2) is 34.7 Å². The van der Waals surface area contributed by atoms with Crippen molar-refractivity contribution in [2.75, 3.05) is 33.1 Å². The van der Waals surface area contributed by atoms with E-state index in [0.717, 1.165) is 24.9 Å². The molecule has 0 bridgehead atoms. The number of carbonyl (C=O) groups excluding carboxylic acids is 5. The molecular weight excluding hydrogens is 490 g/mol. The number of aromatic hydroxyl groups is 1. The van der Waals surface area contributed by atoms with Gasteiger partial charge >= 0.3 is 0 Å². The zero-order chi connectivity index (χ0) is 28.3. The van der Waals surface area contributed by atoms with Crippen molar-refractivity contribution in [2.45, 2.75) is 57.1 Å². The van der Waals surface area contributed by atoms with Gasteiger partial charge in [0.1, 0.15) is 5.75 Å². The van der Waals surface area contributed by atoms with Gasteiger partial charge in [-0.05, 0) is 62.9 Å². The predicted molar refractivity (Wildman–Crippen MR) is 139 cm³/mol. The molecule has 38 heavy (non-hydrogen) atoms. The first-order valence-corrected chi connectivity index (χ1v) is 13.2. The number of rotatable bonds is 7. The summed E-state index contributed by atoms with van der Waals surface area (Å²) in [5, 5.41) is 22.9. The van der Waals surface area contributed by atoms with E-state index in [2.05, 4.69) is 6.92 Å². The normalized spacial score (nSPS) is 30.7. The van der Waals surface area contributed by atoms with Crippen LogP contribution >= 0.6 is 0 Å². The second kappa shape index (κ2) is 9.89. The van der Waals surface area contributed by atoms with Gasteiger partial charge < -0.3 is 20.8 Å². The number of Topliss-reactive ketones (excluding diaryl/α,β-unsaturated/α-hetero) is 4. The second-order valence-electron chi connectivity index (χ2n) is 11.4. The van der Waals surface area contributed by atoms with Crippen LogP contribution in [0.1, 0.15) is 54.1 Å². The molecule has 4 rings (SSSR count). The Hall–Kier alpha value is -3.11. The van der Waals surface area contributed by atoms with Gasteiger partial charge in [0.25, 0.3) is 0 Å². The predicted octanol–water partition coefficient (Wildman–Crippen LogP) is 0.666. The number of benzene rings is 1. The molecule has 10 nitrogen and oxygen atoms in total. The van der Waals surface area contributed by atoms with Crippen molar-refractivity contribution in [3.05, 3.63) is 22.8 Å². The van der Waals surface area contributed by atoms with Crippen LogP contribution in [-0.4, -0.2) is 84.0 Å². The lowest BCUT2D eigenvalue weighted by atomic mass is 9.52. The lowest BCUT2D eigenvalue weighted by Gasteiger charge is -2.52. The number of primary amides is 1. The average Bonchev–Trinajstić information content (AvgIpc) is 2.82. The first-order chi connectivity index (χ1) is 17.8.